The molecule has 0 aliphatic rings. The molecular formula is C18H17FN2O5. The highest BCUT2D eigenvalue weighted by atomic mass is 19.1. The number of carbonyl (C=O) groups is 3. The van der Waals surface area contributed by atoms with Crippen LogP contribution in [0.15, 0.2) is 42.5 Å². The lowest BCUT2D eigenvalue weighted by Gasteiger charge is -2.08. The van der Waals surface area contributed by atoms with Crippen LogP contribution in [0, 0.1) is 5.82 Å². The minimum atomic E-state index is -0.672. The molecule has 0 heterocycles. The van der Waals surface area contributed by atoms with Crippen molar-refractivity contribution in [2.75, 3.05) is 19.0 Å². The van der Waals surface area contributed by atoms with Gasteiger partial charge < -0.3 is 20.5 Å². The Morgan fingerprint density at radius 1 is 1.12 bits per heavy atom. The van der Waals surface area contributed by atoms with Gasteiger partial charge in [0.2, 0.25) is 5.91 Å². The van der Waals surface area contributed by atoms with E-state index in [1.807, 2.05) is 0 Å². The number of nitrogens with two attached hydrogens (primary N) is 1. The Labute approximate surface area is 148 Å². The van der Waals surface area contributed by atoms with Crippen LogP contribution in [-0.4, -0.2) is 31.5 Å². The Hall–Kier alpha value is -3.42. The molecule has 136 valence electrons. The number of halogens is 1. The van der Waals surface area contributed by atoms with Gasteiger partial charge in [0.1, 0.15) is 0 Å². The van der Waals surface area contributed by atoms with Crippen LogP contribution in [0.4, 0.5) is 10.1 Å². The Morgan fingerprint density at radius 3 is 2.38 bits per heavy atom. The molecule has 2 aromatic carbocycles. The Kier molecular flexibility index (Phi) is 6.26. The zero-order chi connectivity index (χ0) is 19.1. The van der Waals surface area contributed by atoms with Gasteiger partial charge in [0, 0.05) is 11.3 Å². The van der Waals surface area contributed by atoms with Gasteiger partial charge in [-0.25, -0.2) is 4.39 Å². The fraction of sp³-hybridized carbons (Fsp3) is 0.167. The number of benzene rings is 2. The van der Waals surface area contributed by atoms with Gasteiger partial charge >= 0.3 is 5.97 Å². The lowest BCUT2D eigenvalue weighted by molar-refractivity contribution is -0.146. The van der Waals surface area contributed by atoms with Gasteiger partial charge in [0.05, 0.1) is 13.5 Å². The number of anilines is 1. The average molecular weight is 360 g/mol. The summed E-state index contributed by atoms with van der Waals surface area (Å²) in [5, 5.41) is 2.51. The zero-order valence-corrected chi connectivity index (χ0v) is 14.0. The largest absolute Gasteiger partial charge is 0.494 e. The van der Waals surface area contributed by atoms with Gasteiger partial charge in [0.15, 0.2) is 18.2 Å². The van der Waals surface area contributed by atoms with Crippen molar-refractivity contribution in [2.45, 2.75) is 6.42 Å². The summed E-state index contributed by atoms with van der Waals surface area (Å²) in [5.41, 5.74) is 6.25. The summed E-state index contributed by atoms with van der Waals surface area (Å²) in [6, 6.07) is 10.0. The van der Waals surface area contributed by atoms with E-state index in [0.717, 1.165) is 0 Å². The van der Waals surface area contributed by atoms with Crippen molar-refractivity contribution in [1.82, 2.24) is 0 Å². The molecule has 26 heavy (non-hydrogen) atoms. The SMILES string of the molecule is COc1ccc(CC(=O)OCC(=O)Nc2ccc(C(N)=O)cc2)cc1F. The quantitative estimate of drug-likeness (QED) is 0.730. The first-order chi connectivity index (χ1) is 12.4. The molecule has 2 rings (SSSR count). The molecule has 0 radical (unpaired) electrons. The number of rotatable bonds is 7. The fourth-order valence-corrected chi connectivity index (χ4v) is 2.10. The van der Waals surface area contributed by atoms with Gasteiger partial charge in [-0.05, 0) is 42.0 Å². The summed E-state index contributed by atoms with van der Waals surface area (Å²) in [7, 11) is 1.34. The third kappa shape index (κ3) is 5.30. The monoisotopic (exact) mass is 360 g/mol. The first-order valence-corrected chi connectivity index (χ1v) is 7.57. The highest BCUT2D eigenvalue weighted by Crippen LogP contribution is 2.18. The molecule has 0 saturated heterocycles. The van der Waals surface area contributed by atoms with Crippen molar-refractivity contribution in [3.8, 4) is 5.75 Å². The van der Waals surface area contributed by atoms with E-state index in [1.165, 1.54) is 49.6 Å². The molecule has 2 amide bonds. The van der Waals surface area contributed by atoms with Gasteiger partial charge in [-0.1, -0.05) is 6.07 Å². The van der Waals surface area contributed by atoms with E-state index in [4.69, 9.17) is 15.2 Å². The predicted molar refractivity (Wildman–Crippen MR) is 91.2 cm³/mol. The van der Waals surface area contributed by atoms with E-state index in [2.05, 4.69) is 5.32 Å². The Balaban J connectivity index is 1.82. The van der Waals surface area contributed by atoms with Crippen LogP contribution in [-0.2, 0) is 20.7 Å². The highest BCUT2D eigenvalue weighted by Gasteiger charge is 2.11. The second-order valence-corrected chi connectivity index (χ2v) is 5.30. The number of carbonyl (C=O) groups excluding carboxylic acids is 3. The third-order valence-electron chi connectivity index (χ3n) is 3.38. The van der Waals surface area contributed by atoms with Crippen LogP contribution in [0.5, 0.6) is 5.75 Å². The number of ether oxygens (including phenoxy) is 2. The summed E-state index contributed by atoms with van der Waals surface area (Å²) in [5.74, 6) is -2.31. The molecular weight excluding hydrogens is 343 g/mol. The maximum absolute atomic E-state index is 13.6. The maximum Gasteiger partial charge on any atom is 0.310 e. The van der Waals surface area contributed by atoms with Crippen molar-refractivity contribution in [3.05, 3.63) is 59.4 Å². The number of nitrogens with one attached hydrogen (secondary N) is 1. The number of methoxy groups -OCH3 is 1. The van der Waals surface area contributed by atoms with Crippen molar-refractivity contribution >= 4 is 23.5 Å². The summed E-state index contributed by atoms with van der Waals surface area (Å²) < 4.78 is 23.2. The van der Waals surface area contributed by atoms with Gasteiger partial charge in [-0.2, -0.15) is 0 Å². The van der Waals surface area contributed by atoms with E-state index >= 15 is 0 Å². The van der Waals surface area contributed by atoms with Crippen LogP contribution >= 0.6 is 0 Å². The van der Waals surface area contributed by atoms with Crippen molar-refractivity contribution in [3.63, 3.8) is 0 Å². The molecule has 7 nitrogen and oxygen atoms in total. The maximum atomic E-state index is 13.6. The van der Waals surface area contributed by atoms with Crippen LogP contribution in [0.2, 0.25) is 0 Å². The number of amides is 2. The molecule has 3 N–H and O–H groups in total. The third-order valence-corrected chi connectivity index (χ3v) is 3.38. The van der Waals surface area contributed by atoms with Crippen molar-refractivity contribution in [2.24, 2.45) is 5.73 Å². The topological polar surface area (TPSA) is 108 Å². The van der Waals surface area contributed by atoms with E-state index in [0.29, 0.717) is 16.8 Å². The summed E-state index contributed by atoms with van der Waals surface area (Å²) in [6.45, 7) is -0.491. The second kappa shape index (κ2) is 8.61. The molecule has 2 aromatic rings. The van der Waals surface area contributed by atoms with Crippen molar-refractivity contribution in [1.29, 1.82) is 0 Å². The minimum Gasteiger partial charge on any atom is -0.494 e. The lowest BCUT2D eigenvalue weighted by Crippen LogP contribution is -2.21. The molecule has 0 aliphatic heterocycles. The number of primary amides is 1. The molecule has 8 heteroatoms. The highest BCUT2D eigenvalue weighted by molar-refractivity contribution is 5.95. The number of hydrogen-bond donors (Lipinski definition) is 2. The fourth-order valence-electron chi connectivity index (χ4n) is 2.10. The lowest BCUT2D eigenvalue weighted by atomic mass is 10.1. The first-order valence-electron chi connectivity index (χ1n) is 7.57. The molecule has 0 bridgehead atoms. The Bertz CT molecular complexity index is 821. The second-order valence-electron chi connectivity index (χ2n) is 5.30. The molecule has 0 atom stereocenters. The number of esters is 1. The van der Waals surface area contributed by atoms with E-state index < -0.39 is 30.2 Å². The molecule has 0 saturated carbocycles. The summed E-state index contributed by atoms with van der Waals surface area (Å²) in [4.78, 5) is 34.5. The van der Waals surface area contributed by atoms with Gasteiger partial charge in [-0.15, -0.1) is 0 Å². The van der Waals surface area contributed by atoms with Crippen LogP contribution < -0.4 is 15.8 Å². The minimum absolute atomic E-state index is 0.0730. The zero-order valence-electron chi connectivity index (χ0n) is 14.0. The molecule has 0 aromatic heterocycles. The van der Waals surface area contributed by atoms with E-state index in [-0.39, 0.29) is 12.2 Å². The average Bonchev–Trinajstić information content (AvgIpc) is 2.60. The smallest absolute Gasteiger partial charge is 0.310 e. The summed E-state index contributed by atoms with van der Waals surface area (Å²) in [6.07, 6.45) is -0.179. The molecule has 0 unspecified atom stereocenters. The number of hydrogen-bond acceptors (Lipinski definition) is 5. The molecule has 0 aliphatic carbocycles. The van der Waals surface area contributed by atoms with E-state index in [9.17, 15) is 18.8 Å². The normalized spacial score (nSPS) is 10.1. The molecule has 0 fully saturated rings. The van der Waals surface area contributed by atoms with Crippen molar-refractivity contribution < 1.29 is 28.2 Å². The van der Waals surface area contributed by atoms with Crippen LogP contribution in [0.25, 0.3) is 0 Å². The van der Waals surface area contributed by atoms with Gasteiger partial charge in [-0.3, -0.25) is 14.4 Å². The van der Waals surface area contributed by atoms with Gasteiger partial charge in [0.25, 0.3) is 5.91 Å². The predicted octanol–water partition coefficient (Wildman–Crippen LogP) is 1.66. The van der Waals surface area contributed by atoms with Crippen LogP contribution in [0.1, 0.15) is 15.9 Å². The Morgan fingerprint density at radius 2 is 1.81 bits per heavy atom. The van der Waals surface area contributed by atoms with Crippen LogP contribution in [0.3, 0.4) is 0 Å². The standard InChI is InChI=1S/C18H17FN2O5/c1-25-15-7-2-11(8-14(15)19)9-17(23)26-10-16(22)21-13-5-3-12(4-6-13)18(20)24/h2-8H,9-10H2,1H3,(H2,20,24)(H,21,22). The first kappa shape index (κ1) is 18.9. The molecule has 0 spiro atoms. The summed E-state index contributed by atoms with van der Waals surface area (Å²) >= 11 is 0. The van der Waals surface area contributed by atoms with E-state index in [1.54, 1.807) is 0 Å².